The Hall–Kier alpha value is -3.52. The minimum absolute atomic E-state index is 0.0359. The number of unbranched alkanes of at least 4 members (excludes halogenated alkanes) is 1. The summed E-state index contributed by atoms with van der Waals surface area (Å²) >= 11 is 0. The lowest BCUT2D eigenvalue weighted by Crippen LogP contribution is -2.58. The van der Waals surface area contributed by atoms with Crippen LogP contribution >= 0.6 is 0 Å². The summed E-state index contributed by atoms with van der Waals surface area (Å²) in [5.74, 6) is -4.81. The quantitative estimate of drug-likeness (QED) is 0.112. The summed E-state index contributed by atoms with van der Waals surface area (Å²) in [6.07, 6.45) is 3.69. The number of hydrogen-bond donors (Lipinski definition) is 8. The molecule has 0 radical (unpaired) electrons. The van der Waals surface area contributed by atoms with E-state index in [0.29, 0.717) is 25.1 Å². The second-order valence-corrected chi connectivity index (χ2v) is 8.80. The van der Waals surface area contributed by atoms with Gasteiger partial charge in [0, 0.05) is 24.7 Å². The van der Waals surface area contributed by atoms with Gasteiger partial charge >= 0.3 is 11.9 Å². The zero-order valence-electron chi connectivity index (χ0n) is 20.5. The van der Waals surface area contributed by atoms with Crippen LogP contribution in [0.1, 0.15) is 51.6 Å². The first-order chi connectivity index (χ1) is 17.0. The smallest absolute Gasteiger partial charge is 0.326 e. The number of hydrogen-bond acceptors (Lipinski definition) is 8. The lowest BCUT2D eigenvalue weighted by Gasteiger charge is -2.27. The molecule has 1 rings (SSSR count). The predicted molar refractivity (Wildman–Crippen MR) is 128 cm³/mol. The molecule has 36 heavy (non-hydrogen) atoms. The van der Waals surface area contributed by atoms with Crippen LogP contribution in [0.2, 0.25) is 0 Å². The van der Waals surface area contributed by atoms with Gasteiger partial charge in [-0.25, -0.2) is 9.78 Å². The number of aromatic nitrogens is 2. The van der Waals surface area contributed by atoms with Gasteiger partial charge in [0.2, 0.25) is 17.7 Å². The Balaban J connectivity index is 2.91. The molecule has 0 spiro atoms. The maximum absolute atomic E-state index is 13.1. The fraction of sp³-hybridized carbons (Fsp3) is 0.636. The molecule has 1 heterocycles. The van der Waals surface area contributed by atoms with E-state index < -0.39 is 59.7 Å². The van der Waals surface area contributed by atoms with Crippen molar-refractivity contribution in [3.63, 3.8) is 0 Å². The molecule has 0 aromatic carbocycles. The fourth-order valence-electron chi connectivity index (χ4n) is 3.32. The number of carboxylic acids is 2. The Morgan fingerprint density at radius 1 is 0.972 bits per heavy atom. The second kappa shape index (κ2) is 15.5. The summed E-state index contributed by atoms with van der Waals surface area (Å²) in [6.45, 7) is 3.74. The molecule has 0 aliphatic heterocycles. The highest BCUT2D eigenvalue weighted by molar-refractivity contribution is 5.94. The molecule has 202 valence electrons. The van der Waals surface area contributed by atoms with Gasteiger partial charge in [0.1, 0.15) is 18.1 Å². The molecular formula is C22H37N7O7. The summed E-state index contributed by atoms with van der Waals surface area (Å²) in [5, 5.41) is 25.9. The highest BCUT2D eigenvalue weighted by atomic mass is 16.4. The SMILES string of the molecule is CC(C)C(NC(=O)C(CCCCN)NC(=O)C(N)CCC(=O)O)C(=O)NC(Cc1cnc[nH]1)C(=O)O. The summed E-state index contributed by atoms with van der Waals surface area (Å²) in [6, 6.07) is -4.53. The first kappa shape index (κ1) is 30.5. The molecule has 0 bridgehead atoms. The Kier molecular flexibility index (Phi) is 13.1. The van der Waals surface area contributed by atoms with Crippen LogP contribution in [-0.2, 0) is 30.4 Å². The molecule has 3 amide bonds. The minimum Gasteiger partial charge on any atom is -0.481 e. The van der Waals surface area contributed by atoms with E-state index in [9.17, 15) is 29.1 Å². The van der Waals surface area contributed by atoms with Crippen LogP contribution in [-0.4, -0.2) is 80.6 Å². The van der Waals surface area contributed by atoms with Crippen molar-refractivity contribution in [2.75, 3.05) is 6.54 Å². The zero-order valence-corrected chi connectivity index (χ0v) is 20.5. The number of carboxylic acid groups (broad SMARTS) is 2. The summed E-state index contributed by atoms with van der Waals surface area (Å²) in [5.41, 5.74) is 11.8. The number of aliphatic carboxylic acids is 2. The Labute approximate surface area is 209 Å². The van der Waals surface area contributed by atoms with E-state index in [4.69, 9.17) is 16.6 Å². The van der Waals surface area contributed by atoms with E-state index in [1.165, 1.54) is 12.5 Å². The van der Waals surface area contributed by atoms with Gasteiger partial charge in [-0.15, -0.1) is 0 Å². The Morgan fingerprint density at radius 2 is 1.64 bits per heavy atom. The van der Waals surface area contributed by atoms with Crippen LogP contribution in [0.15, 0.2) is 12.5 Å². The lowest BCUT2D eigenvalue weighted by molar-refractivity contribution is -0.142. The molecule has 4 unspecified atom stereocenters. The monoisotopic (exact) mass is 511 g/mol. The number of carbonyl (C=O) groups is 5. The van der Waals surface area contributed by atoms with Crippen LogP contribution in [0.25, 0.3) is 0 Å². The van der Waals surface area contributed by atoms with Crippen LogP contribution < -0.4 is 27.4 Å². The maximum Gasteiger partial charge on any atom is 0.326 e. The minimum atomic E-state index is -1.26. The Morgan fingerprint density at radius 3 is 2.17 bits per heavy atom. The third-order valence-corrected chi connectivity index (χ3v) is 5.43. The first-order valence-corrected chi connectivity index (χ1v) is 11.7. The van der Waals surface area contributed by atoms with Gasteiger partial charge in [-0.3, -0.25) is 19.2 Å². The average Bonchev–Trinajstić information content (AvgIpc) is 3.32. The lowest BCUT2D eigenvalue weighted by atomic mass is 10.0. The van der Waals surface area contributed by atoms with Crippen LogP contribution in [0.4, 0.5) is 0 Å². The molecular weight excluding hydrogens is 474 g/mol. The van der Waals surface area contributed by atoms with Crippen molar-refractivity contribution in [1.29, 1.82) is 0 Å². The van der Waals surface area contributed by atoms with Crippen molar-refractivity contribution in [3.8, 4) is 0 Å². The van der Waals surface area contributed by atoms with Crippen molar-refractivity contribution in [3.05, 3.63) is 18.2 Å². The highest BCUT2D eigenvalue weighted by Gasteiger charge is 2.32. The third kappa shape index (κ3) is 10.8. The number of amides is 3. The molecule has 1 aromatic rings. The number of nitrogens with two attached hydrogens (primary N) is 2. The van der Waals surface area contributed by atoms with Crippen LogP contribution in [0.5, 0.6) is 0 Å². The van der Waals surface area contributed by atoms with Crippen molar-refractivity contribution < 1.29 is 34.2 Å². The van der Waals surface area contributed by atoms with Crippen molar-refractivity contribution in [2.45, 2.75) is 76.5 Å². The van der Waals surface area contributed by atoms with Gasteiger partial charge in [0.25, 0.3) is 0 Å². The highest BCUT2D eigenvalue weighted by Crippen LogP contribution is 2.08. The third-order valence-electron chi connectivity index (χ3n) is 5.43. The van der Waals surface area contributed by atoms with Gasteiger partial charge < -0.3 is 42.6 Å². The van der Waals surface area contributed by atoms with Crippen LogP contribution in [0, 0.1) is 5.92 Å². The molecule has 10 N–H and O–H groups in total. The number of carbonyl (C=O) groups excluding carboxylic acids is 3. The van der Waals surface area contributed by atoms with E-state index in [-0.39, 0.29) is 25.7 Å². The molecule has 0 aliphatic rings. The fourth-order valence-corrected chi connectivity index (χ4v) is 3.32. The number of aromatic amines is 1. The van der Waals surface area contributed by atoms with Crippen LogP contribution in [0.3, 0.4) is 0 Å². The van der Waals surface area contributed by atoms with Crippen molar-refractivity contribution >= 4 is 29.7 Å². The van der Waals surface area contributed by atoms with E-state index in [0.717, 1.165) is 0 Å². The standard InChI is InChI=1S/C22H37N7O7/c1-12(2)18(21(34)28-16(22(35)36)9-13-10-25-11-26-13)29-20(33)15(5-3-4-8-23)27-19(32)14(24)6-7-17(30)31/h10-12,14-16,18H,3-9,23-24H2,1-2H3,(H,25,26)(H,27,32)(H,28,34)(H,29,33)(H,30,31)(H,35,36). The normalized spacial score (nSPS) is 14.4. The number of rotatable bonds is 17. The average molecular weight is 512 g/mol. The number of nitrogens with one attached hydrogen (secondary N) is 4. The first-order valence-electron chi connectivity index (χ1n) is 11.7. The van der Waals surface area contributed by atoms with Crippen molar-refractivity contribution in [2.24, 2.45) is 17.4 Å². The summed E-state index contributed by atoms with van der Waals surface area (Å²) in [4.78, 5) is 67.4. The number of imidazole rings is 1. The van der Waals surface area contributed by atoms with Gasteiger partial charge in [0.15, 0.2) is 0 Å². The number of H-pyrrole nitrogens is 1. The Bertz CT molecular complexity index is 876. The molecule has 0 fully saturated rings. The summed E-state index contributed by atoms with van der Waals surface area (Å²) in [7, 11) is 0. The molecule has 1 aromatic heterocycles. The van der Waals surface area contributed by atoms with E-state index in [2.05, 4.69) is 25.9 Å². The van der Waals surface area contributed by atoms with E-state index >= 15 is 0 Å². The predicted octanol–water partition coefficient (Wildman–Crippen LogP) is -1.53. The largest absolute Gasteiger partial charge is 0.481 e. The molecule has 14 heteroatoms. The zero-order chi connectivity index (χ0) is 27.3. The van der Waals surface area contributed by atoms with Crippen molar-refractivity contribution in [1.82, 2.24) is 25.9 Å². The number of nitrogens with zero attached hydrogens (tertiary/aromatic N) is 1. The van der Waals surface area contributed by atoms with Gasteiger partial charge in [-0.2, -0.15) is 0 Å². The molecule has 0 saturated carbocycles. The molecule has 14 nitrogen and oxygen atoms in total. The van der Waals surface area contributed by atoms with E-state index in [1.54, 1.807) is 13.8 Å². The van der Waals surface area contributed by atoms with Gasteiger partial charge in [0.05, 0.1) is 12.4 Å². The van der Waals surface area contributed by atoms with Gasteiger partial charge in [-0.05, 0) is 38.1 Å². The van der Waals surface area contributed by atoms with E-state index in [1.807, 2.05) is 0 Å². The van der Waals surface area contributed by atoms with Gasteiger partial charge in [-0.1, -0.05) is 13.8 Å². The molecule has 0 aliphatic carbocycles. The topological polar surface area (TPSA) is 243 Å². The molecule has 4 atom stereocenters. The summed E-state index contributed by atoms with van der Waals surface area (Å²) < 4.78 is 0. The maximum atomic E-state index is 13.1. The molecule has 0 saturated heterocycles. The second-order valence-electron chi connectivity index (χ2n) is 8.80.